The van der Waals surface area contributed by atoms with Crippen LogP contribution in [0.3, 0.4) is 0 Å². The zero-order valence-corrected chi connectivity index (χ0v) is 15.1. The molecular formula is C19H16ClN3O4. The minimum absolute atomic E-state index is 0.0360. The molecule has 1 heterocycles. The van der Waals surface area contributed by atoms with Crippen molar-refractivity contribution in [3.05, 3.63) is 71.4 Å². The summed E-state index contributed by atoms with van der Waals surface area (Å²) >= 11 is 5.99. The van der Waals surface area contributed by atoms with Crippen LogP contribution in [-0.2, 0) is 4.79 Å². The fourth-order valence-corrected chi connectivity index (χ4v) is 2.37. The Labute approximate surface area is 160 Å². The van der Waals surface area contributed by atoms with Crippen LogP contribution in [0.15, 0.2) is 65.2 Å². The summed E-state index contributed by atoms with van der Waals surface area (Å²) in [5.74, 6) is -0.339. The van der Waals surface area contributed by atoms with Crippen LogP contribution >= 0.6 is 11.6 Å². The standard InChI is InChI=1S/C19H16ClN3O4/c1-12(26-16-10-6-5-9-14(16)20)18(24)21-22-19(25)15-11-17(27-23-15)13-7-3-2-4-8-13/h2-12H,1H3,(H,21,24)(H,22,25)/t12-/m0/s1. The molecule has 7 nitrogen and oxygen atoms in total. The van der Waals surface area contributed by atoms with Gasteiger partial charge >= 0.3 is 0 Å². The lowest BCUT2D eigenvalue weighted by Crippen LogP contribution is -2.47. The Morgan fingerprint density at radius 3 is 2.52 bits per heavy atom. The molecular weight excluding hydrogens is 370 g/mol. The van der Waals surface area contributed by atoms with Gasteiger partial charge in [-0.25, -0.2) is 0 Å². The highest BCUT2D eigenvalue weighted by Gasteiger charge is 2.18. The SMILES string of the molecule is C[C@H](Oc1ccccc1Cl)C(=O)NNC(=O)c1cc(-c2ccccc2)on1. The molecule has 138 valence electrons. The third kappa shape index (κ3) is 4.65. The molecule has 2 aromatic carbocycles. The van der Waals surface area contributed by atoms with Crippen molar-refractivity contribution in [2.24, 2.45) is 0 Å². The first-order valence-electron chi connectivity index (χ1n) is 8.08. The van der Waals surface area contributed by atoms with Gasteiger partial charge in [-0.3, -0.25) is 20.4 Å². The summed E-state index contributed by atoms with van der Waals surface area (Å²) < 4.78 is 10.6. The van der Waals surface area contributed by atoms with Crippen molar-refractivity contribution in [3.8, 4) is 17.1 Å². The third-order valence-electron chi connectivity index (χ3n) is 3.61. The van der Waals surface area contributed by atoms with Crippen LogP contribution < -0.4 is 15.6 Å². The molecule has 0 bridgehead atoms. The zero-order valence-electron chi connectivity index (χ0n) is 14.3. The van der Waals surface area contributed by atoms with Crippen LogP contribution in [0.4, 0.5) is 0 Å². The second-order valence-corrected chi connectivity index (χ2v) is 5.98. The number of carbonyl (C=O) groups is 2. The Bertz CT molecular complexity index is 943. The number of hydrogen-bond acceptors (Lipinski definition) is 5. The number of aromatic nitrogens is 1. The van der Waals surface area contributed by atoms with Crippen molar-refractivity contribution in [3.63, 3.8) is 0 Å². The number of benzene rings is 2. The predicted molar refractivity (Wildman–Crippen MR) is 99.1 cm³/mol. The number of nitrogens with one attached hydrogen (secondary N) is 2. The van der Waals surface area contributed by atoms with Gasteiger partial charge in [0.1, 0.15) is 5.75 Å². The van der Waals surface area contributed by atoms with E-state index in [2.05, 4.69) is 16.0 Å². The topological polar surface area (TPSA) is 93.5 Å². The first kappa shape index (κ1) is 18.5. The normalized spacial score (nSPS) is 11.5. The number of para-hydroxylation sites is 1. The van der Waals surface area contributed by atoms with E-state index < -0.39 is 17.9 Å². The molecule has 3 aromatic rings. The van der Waals surface area contributed by atoms with E-state index in [0.29, 0.717) is 16.5 Å². The first-order chi connectivity index (χ1) is 13.0. The second kappa shape index (κ2) is 8.37. The van der Waals surface area contributed by atoms with E-state index in [1.54, 1.807) is 24.3 Å². The first-order valence-corrected chi connectivity index (χ1v) is 8.46. The fraction of sp³-hybridized carbons (Fsp3) is 0.105. The molecule has 8 heteroatoms. The van der Waals surface area contributed by atoms with Gasteiger partial charge in [-0.15, -0.1) is 0 Å². The van der Waals surface area contributed by atoms with Gasteiger partial charge in [-0.1, -0.05) is 59.2 Å². The van der Waals surface area contributed by atoms with Gasteiger partial charge in [0, 0.05) is 11.6 Å². The van der Waals surface area contributed by atoms with Crippen LogP contribution in [0.25, 0.3) is 11.3 Å². The van der Waals surface area contributed by atoms with E-state index in [0.717, 1.165) is 5.56 Å². The van der Waals surface area contributed by atoms with E-state index in [4.69, 9.17) is 20.9 Å². The van der Waals surface area contributed by atoms with Gasteiger partial charge in [0.05, 0.1) is 5.02 Å². The Morgan fingerprint density at radius 2 is 1.78 bits per heavy atom. The van der Waals surface area contributed by atoms with Crippen molar-refractivity contribution in [1.29, 1.82) is 0 Å². The van der Waals surface area contributed by atoms with Gasteiger partial charge in [-0.2, -0.15) is 0 Å². The van der Waals surface area contributed by atoms with Gasteiger partial charge < -0.3 is 9.26 Å². The molecule has 0 aliphatic heterocycles. The second-order valence-electron chi connectivity index (χ2n) is 5.58. The van der Waals surface area contributed by atoms with Crippen LogP contribution in [0.2, 0.25) is 5.02 Å². The molecule has 2 N–H and O–H groups in total. The van der Waals surface area contributed by atoms with E-state index in [-0.39, 0.29) is 5.69 Å². The lowest BCUT2D eigenvalue weighted by molar-refractivity contribution is -0.128. The minimum atomic E-state index is -0.873. The number of hydrazine groups is 1. The molecule has 3 rings (SSSR count). The highest BCUT2D eigenvalue weighted by atomic mass is 35.5. The highest BCUT2D eigenvalue weighted by molar-refractivity contribution is 6.32. The fourth-order valence-electron chi connectivity index (χ4n) is 2.19. The number of amides is 2. The van der Waals surface area contributed by atoms with Crippen LogP contribution in [0.5, 0.6) is 5.75 Å². The van der Waals surface area contributed by atoms with Crippen LogP contribution in [-0.4, -0.2) is 23.1 Å². The largest absolute Gasteiger partial charge is 0.479 e. The summed E-state index contributed by atoms with van der Waals surface area (Å²) in [6.45, 7) is 1.54. The summed E-state index contributed by atoms with van der Waals surface area (Å²) in [4.78, 5) is 24.2. The van der Waals surface area contributed by atoms with E-state index in [1.807, 2.05) is 30.3 Å². The minimum Gasteiger partial charge on any atom is -0.479 e. The number of rotatable bonds is 5. The van der Waals surface area contributed by atoms with E-state index >= 15 is 0 Å². The van der Waals surface area contributed by atoms with Gasteiger partial charge in [0.15, 0.2) is 17.6 Å². The van der Waals surface area contributed by atoms with Crippen molar-refractivity contribution in [1.82, 2.24) is 16.0 Å². The molecule has 0 unspecified atom stereocenters. The highest BCUT2D eigenvalue weighted by Crippen LogP contribution is 2.24. The summed E-state index contributed by atoms with van der Waals surface area (Å²) in [5.41, 5.74) is 5.37. The number of nitrogens with zero attached hydrogens (tertiary/aromatic N) is 1. The monoisotopic (exact) mass is 385 g/mol. The lowest BCUT2D eigenvalue weighted by atomic mass is 10.1. The summed E-state index contributed by atoms with van der Waals surface area (Å²) in [6, 6.07) is 17.5. The van der Waals surface area contributed by atoms with Gasteiger partial charge in [-0.05, 0) is 19.1 Å². The molecule has 27 heavy (non-hydrogen) atoms. The number of ether oxygens (including phenoxy) is 1. The zero-order chi connectivity index (χ0) is 19.2. The molecule has 0 fully saturated rings. The maximum Gasteiger partial charge on any atom is 0.291 e. The van der Waals surface area contributed by atoms with Crippen LogP contribution in [0, 0.1) is 0 Å². The summed E-state index contributed by atoms with van der Waals surface area (Å²) in [6.07, 6.45) is -0.873. The van der Waals surface area contributed by atoms with Crippen molar-refractivity contribution in [2.45, 2.75) is 13.0 Å². The number of hydrogen-bond donors (Lipinski definition) is 2. The molecule has 0 saturated heterocycles. The molecule has 0 radical (unpaired) electrons. The molecule has 0 saturated carbocycles. The van der Waals surface area contributed by atoms with Crippen molar-refractivity contribution < 1.29 is 18.8 Å². The quantitative estimate of drug-likeness (QED) is 0.658. The van der Waals surface area contributed by atoms with Crippen LogP contribution in [0.1, 0.15) is 17.4 Å². The van der Waals surface area contributed by atoms with Crippen molar-refractivity contribution >= 4 is 23.4 Å². The Morgan fingerprint density at radius 1 is 1.07 bits per heavy atom. The number of halogens is 1. The molecule has 2 amide bonds. The Kier molecular flexibility index (Phi) is 5.73. The molecule has 0 aliphatic carbocycles. The lowest BCUT2D eigenvalue weighted by Gasteiger charge is -2.15. The van der Waals surface area contributed by atoms with Crippen molar-refractivity contribution in [2.75, 3.05) is 0 Å². The smallest absolute Gasteiger partial charge is 0.291 e. The Hall–Kier alpha value is -3.32. The van der Waals surface area contributed by atoms with E-state index in [9.17, 15) is 9.59 Å². The molecule has 0 spiro atoms. The molecule has 0 aliphatic rings. The maximum absolute atomic E-state index is 12.1. The number of carbonyl (C=O) groups excluding carboxylic acids is 2. The van der Waals surface area contributed by atoms with Gasteiger partial charge in [0.25, 0.3) is 11.8 Å². The van der Waals surface area contributed by atoms with E-state index in [1.165, 1.54) is 13.0 Å². The summed E-state index contributed by atoms with van der Waals surface area (Å²) in [5, 5.41) is 4.09. The van der Waals surface area contributed by atoms with Gasteiger partial charge in [0.2, 0.25) is 0 Å². The summed E-state index contributed by atoms with van der Waals surface area (Å²) in [7, 11) is 0. The average molecular weight is 386 g/mol. The molecule has 1 atom stereocenters. The Balaban J connectivity index is 1.55. The molecule has 1 aromatic heterocycles. The maximum atomic E-state index is 12.1. The average Bonchev–Trinajstić information content (AvgIpc) is 3.18. The predicted octanol–water partition coefficient (Wildman–Crippen LogP) is 3.22. The third-order valence-corrected chi connectivity index (χ3v) is 3.92.